The number of aromatic nitrogens is 1. The van der Waals surface area contributed by atoms with Crippen LogP contribution in [0.5, 0.6) is 23.0 Å². The third-order valence-corrected chi connectivity index (χ3v) is 8.02. The minimum atomic E-state index is -3.88. The Bertz CT molecular complexity index is 1500. The fourth-order valence-corrected chi connectivity index (χ4v) is 5.66. The second-order valence-electron chi connectivity index (χ2n) is 9.46. The van der Waals surface area contributed by atoms with Crippen LogP contribution in [0.1, 0.15) is 12.8 Å². The number of hydrogen-bond acceptors (Lipinski definition) is 10. The Balaban J connectivity index is 1.28. The minimum Gasteiger partial charge on any atom is -0.493 e. The molecule has 3 heterocycles. The maximum Gasteiger partial charge on any atom is 0.277 e. The standard InChI is InChI=1S/C27H32FN5O6S/c1-32-10-7-27(30-32)40(34,35)31-19-4-5-24(21(28)16-19)39-23-6-8-29-22-18-26(25(36-2)17-20(22)23)38-13-3-9-33-11-14-37-15-12-33/h4-6,8,16-18,31H,3,7,9-15H2,1-2H3. The van der Waals surface area contributed by atoms with Crippen molar-refractivity contribution >= 4 is 31.7 Å². The molecule has 0 radical (unpaired) electrons. The van der Waals surface area contributed by atoms with Gasteiger partial charge in [0.1, 0.15) is 5.75 Å². The summed E-state index contributed by atoms with van der Waals surface area (Å²) in [7, 11) is -0.642. The normalized spacial score (nSPS) is 16.2. The maximum atomic E-state index is 15.0. The molecule has 214 valence electrons. The molecule has 5 rings (SSSR count). The SMILES string of the molecule is COc1cc2c(Oc3ccc(NS(=O)(=O)C4=NN(C)CC4)cc3F)ccnc2cc1OCCCN1CCOCC1. The van der Waals surface area contributed by atoms with Crippen molar-refractivity contribution < 1.29 is 31.8 Å². The van der Waals surface area contributed by atoms with E-state index in [2.05, 4.69) is 19.7 Å². The number of nitrogens with one attached hydrogen (secondary N) is 1. The van der Waals surface area contributed by atoms with Crippen LogP contribution in [0, 0.1) is 5.82 Å². The Morgan fingerprint density at radius 3 is 2.60 bits per heavy atom. The van der Waals surface area contributed by atoms with Crippen LogP contribution >= 0.6 is 0 Å². The number of morpholine rings is 1. The lowest BCUT2D eigenvalue weighted by atomic mass is 10.1. The van der Waals surface area contributed by atoms with Gasteiger partial charge in [-0.3, -0.25) is 19.6 Å². The predicted molar refractivity (Wildman–Crippen MR) is 149 cm³/mol. The van der Waals surface area contributed by atoms with Gasteiger partial charge in [0.25, 0.3) is 10.0 Å². The van der Waals surface area contributed by atoms with E-state index in [0.29, 0.717) is 41.3 Å². The zero-order valence-corrected chi connectivity index (χ0v) is 23.2. The van der Waals surface area contributed by atoms with Gasteiger partial charge in [0.2, 0.25) is 0 Å². The fourth-order valence-electron chi connectivity index (χ4n) is 4.50. The van der Waals surface area contributed by atoms with E-state index >= 15 is 0 Å². The first kappa shape index (κ1) is 27.9. The van der Waals surface area contributed by atoms with Crippen LogP contribution in [0.2, 0.25) is 0 Å². The van der Waals surface area contributed by atoms with Crippen molar-refractivity contribution in [3.8, 4) is 23.0 Å². The first-order valence-corrected chi connectivity index (χ1v) is 14.5. The molecule has 0 atom stereocenters. The van der Waals surface area contributed by atoms with Gasteiger partial charge in [0.15, 0.2) is 28.1 Å². The van der Waals surface area contributed by atoms with Crippen LogP contribution in [0.4, 0.5) is 10.1 Å². The largest absolute Gasteiger partial charge is 0.493 e. The highest BCUT2D eigenvalue weighted by molar-refractivity contribution is 8.07. The zero-order valence-electron chi connectivity index (χ0n) is 22.4. The van der Waals surface area contributed by atoms with Gasteiger partial charge in [-0.25, -0.2) is 4.39 Å². The number of hydrazone groups is 1. The van der Waals surface area contributed by atoms with Gasteiger partial charge in [-0.15, -0.1) is 0 Å². The first-order valence-electron chi connectivity index (χ1n) is 13.0. The highest BCUT2D eigenvalue weighted by Crippen LogP contribution is 2.38. The van der Waals surface area contributed by atoms with E-state index in [4.69, 9.17) is 18.9 Å². The van der Waals surface area contributed by atoms with Gasteiger partial charge in [-0.05, 0) is 30.7 Å². The molecule has 13 heteroatoms. The number of anilines is 1. The van der Waals surface area contributed by atoms with Crippen molar-refractivity contribution in [1.29, 1.82) is 0 Å². The number of methoxy groups -OCH3 is 1. The molecular formula is C27H32FN5O6S. The first-order chi connectivity index (χ1) is 19.3. The number of ether oxygens (including phenoxy) is 4. The van der Waals surface area contributed by atoms with Crippen LogP contribution < -0.4 is 18.9 Å². The summed E-state index contributed by atoms with van der Waals surface area (Å²) in [5, 5.41) is 6.15. The minimum absolute atomic E-state index is 0.00777. The molecule has 0 bridgehead atoms. The molecule has 1 fully saturated rings. The number of halogens is 1. The van der Waals surface area contributed by atoms with Crippen LogP contribution in [0.15, 0.2) is 47.7 Å². The van der Waals surface area contributed by atoms with Crippen LogP contribution in [-0.4, -0.2) is 88.5 Å². The van der Waals surface area contributed by atoms with Gasteiger partial charge in [0, 0.05) is 63.4 Å². The van der Waals surface area contributed by atoms with Gasteiger partial charge in [-0.2, -0.15) is 13.5 Å². The molecular weight excluding hydrogens is 541 g/mol. The Kier molecular flexibility index (Phi) is 8.52. The van der Waals surface area contributed by atoms with Crippen molar-refractivity contribution in [1.82, 2.24) is 14.9 Å². The molecule has 2 aliphatic heterocycles. The number of rotatable bonds is 10. The fraction of sp³-hybridized carbons (Fsp3) is 0.407. The zero-order chi connectivity index (χ0) is 28.1. The Morgan fingerprint density at radius 2 is 1.88 bits per heavy atom. The summed E-state index contributed by atoms with van der Waals surface area (Å²) in [5.41, 5.74) is 0.660. The maximum absolute atomic E-state index is 15.0. The number of hydrogen-bond donors (Lipinski definition) is 1. The van der Waals surface area contributed by atoms with Crippen molar-refractivity contribution in [2.24, 2.45) is 5.10 Å². The molecule has 2 aliphatic rings. The van der Waals surface area contributed by atoms with Gasteiger partial charge in [0.05, 0.1) is 38.1 Å². The molecule has 0 spiro atoms. The molecule has 3 aromatic rings. The highest BCUT2D eigenvalue weighted by atomic mass is 32.2. The van der Waals surface area contributed by atoms with Gasteiger partial charge < -0.3 is 18.9 Å². The van der Waals surface area contributed by atoms with E-state index in [9.17, 15) is 12.8 Å². The third-order valence-electron chi connectivity index (χ3n) is 6.61. The molecule has 11 nitrogen and oxygen atoms in total. The Labute approximate surface area is 232 Å². The molecule has 0 unspecified atom stereocenters. The lowest BCUT2D eigenvalue weighted by molar-refractivity contribution is 0.0357. The highest BCUT2D eigenvalue weighted by Gasteiger charge is 2.25. The summed E-state index contributed by atoms with van der Waals surface area (Å²) in [4.78, 5) is 6.77. The molecule has 40 heavy (non-hydrogen) atoms. The van der Waals surface area contributed by atoms with Crippen molar-refractivity contribution in [3.05, 3.63) is 48.4 Å². The van der Waals surface area contributed by atoms with Crippen molar-refractivity contribution in [2.75, 3.05) is 64.9 Å². The summed E-state index contributed by atoms with van der Waals surface area (Å²) < 4.78 is 65.3. The van der Waals surface area contributed by atoms with Crippen LogP contribution in [-0.2, 0) is 14.8 Å². The second kappa shape index (κ2) is 12.2. The topological polar surface area (TPSA) is 115 Å². The predicted octanol–water partition coefficient (Wildman–Crippen LogP) is 3.67. The van der Waals surface area contributed by atoms with E-state index in [1.165, 1.54) is 12.1 Å². The van der Waals surface area contributed by atoms with Gasteiger partial charge in [-0.1, -0.05) is 0 Å². The summed E-state index contributed by atoms with van der Waals surface area (Å²) in [5.74, 6) is 0.612. The monoisotopic (exact) mass is 573 g/mol. The van der Waals surface area contributed by atoms with E-state index < -0.39 is 15.8 Å². The smallest absolute Gasteiger partial charge is 0.277 e. The molecule has 2 aromatic carbocycles. The molecule has 0 saturated carbocycles. The third kappa shape index (κ3) is 6.54. The van der Waals surface area contributed by atoms with E-state index in [1.54, 1.807) is 43.6 Å². The summed E-state index contributed by atoms with van der Waals surface area (Å²) in [6.07, 6.45) is 2.70. The second-order valence-corrected chi connectivity index (χ2v) is 11.1. The number of benzene rings is 2. The quantitative estimate of drug-likeness (QED) is 0.363. The van der Waals surface area contributed by atoms with Gasteiger partial charge >= 0.3 is 0 Å². The average molecular weight is 574 g/mol. The molecule has 0 amide bonds. The molecule has 1 aromatic heterocycles. The average Bonchev–Trinajstić information content (AvgIpc) is 3.40. The van der Waals surface area contributed by atoms with Crippen molar-refractivity contribution in [2.45, 2.75) is 12.8 Å². The number of sulfonamides is 1. The van der Waals surface area contributed by atoms with Crippen LogP contribution in [0.3, 0.4) is 0 Å². The lowest BCUT2D eigenvalue weighted by Gasteiger charge is -2.26. The lowest BCUT2D eigenvalue weighted by Crippen LogP contribution is -2.37. The Morgan fingerprint density at radius 1 is 1.05 bits per heavy atom. The summed E-state index contributed by atoms with van der Waals surface area (Å²) in [6, 6.07) is 9.00. The number of nitrogens with zero attached hydrogens (tertiary/aromatic N) is 4. The summed E-state index contributed by atoms with van der Waals surface area (Å²) >= 11 is 0. The van der Waals surface area contributed by atoms with Crippen LogP contribution in [0.25, 0.3) is 10.9 Å². The van der Waals surface area contributed by atoms with E-state index in [-0.39, 0.29) is 22.9 Å². The van der Waals surface area contributed by atoms with E-state index in [0.717, 1.165) is 45.3 Å². The molecule has 0 aliphatic carbocycles. The molecule has 1 N–H and O–H groups in total. The number of pyridine rings is 1. The molecule has 1 saturated heterocycles. The Hall–Kier alpha value is -3.68. The van der Waals surface area contributed by atoms with E-state index in [1.807, 2.05) is 0 Å². The number of fused-ring (bicyclic) bond motifs is 1. The van der Waals surface area contributed by atoms with Crippen molar-refractivity contribution in [3.63, 3.8) is 0 Å². The summed E-state index contributed by atoms with van der Waals surface area (Å²) in [6.45, 7) is 5.32.